The molecule has 2 aromatic heterocycles. The molecule has 4 nitrogen and oxygen atoms in total. The standard InChI is InChI=1S/C14H19BrN4/c1-11-10-13-14(16-7-9-19(13)17-11)18-8-3-5-12(18)4-2-6-15/h7,9-10,12H,2-6,8H2,1H3. The Morgan fingerprint density at radius 1 is 1.47 bits per heavy atom. The Kier molecular flexibility index (Phi) is 3.73. The molecule has 1 unspecified atom stereocenters. The van der Waals surface area contributed by atoms with Gasteiger partial charge in [-0.2, -0.15) is 5.10 Å². The number of aromatic nitrogens is 3. The van der Waals surface area contributed by atoms with Crippen LogP contribution in [-0.4, -0.2) is 32.5 Å². The molecule has 3 heterocycles. The average molecular weight is 323 g/mol. The molecule has 1 atom stereocenters. The zero-order chi connectivity index (χ0) is 13.2. The van der Waals surface area contributed by atoms with Crippen LogP contribution in [0.3, 0.4) is 0 Å². The van der Waals surface area contributed by atoms with E-state index in [1.165, 1.54) is 25.7 Å². The first-order valence-electron chi connectivity index (χ1n) is 6.93. The summed E-state index contributed by atoms with van der Waals surface area (Å²) in [5.74, 6) is 1.10. The first-order valence-corrected chi connectivity index (χ1v) is 8.05. The summed E-state index contributed by atoms with van der Waals surface area (Å²) in [5.41, 5.74) is 2.18. The van der Waals surface area contributed by atoms with Crippen LogP contribution >= 0.6 is 15.9 Å². The number of fused-ring (bicyclic) bond motifs is 1. The van der Waals surface area contributed by atoms with E-state index in [4.69, 9.17) is 0 Å². The van der Waals surface area contributed by atoms with Crippen LogP contribution in [-0.2, 0) is 0 Å². The molecule has 102 valence electrons. The summed E-state index contributed by atoms with van der Waals surface area (Å²) in [5, 5.41) is 5.56. The molecule has 1 saturated heterocycles. The summed E-state index contributed by atoms with van der Waals surface area (Å²) in [4.78, 5) is 7.09. The predicted octanol–water partition coefficient (Wildman–Crippen LogP) is 3.18. The fourth-order valence-electron chi connectivity index (χ4n) is 2.98. The van der Waals surface area contributed by atoms with Gasteiger partial charge in [-0.1, -0.05) is 15.9 Å². The maximum absolute atomic E-state index is 4.61. The van der Waals surface area contributed by atoms with Gasteiger partial charge in [0, 0.05) is 30.3 Å². The third kappa shape index (κ3) is 2.48. The highest BCUT2D eigenvalue weighted by Gasteiger charge is 2.26. The quantitative estimate of drug-likeness (QED) is 0.810. The summed E-state index contributed by atoms with van der Waals surface area (Å²) in [7, 11) is 0. The first kappa shape index (κ1) is 12.9. The molecule has 1 aliphatic rings. The summed E-state index contributed by atoms with van der Waals surface area (Å²) < 4.78 is 1.94. The van der Waals surface area contributed by atoms with Gasteiger partial charge in [0.05, 0.1) is 5.69 Å². The van der Waals surface area contributed by atoms with E-state index in [9.17, 15) is 0 Å². The zero-order valence-electron chi connectivity index (χ0n) is 11.2. The van der Waals surface area contributed by atoms with Gasteiger partial charge in [0.15, 0.2) is 5.82 Å². The van der Waals surface area contributed by atoms with Crippen LogP contribution < -0.4 is 4.90 Å². The molecule has 1 aliphatic heterocycles. The molecule has 3 rings (SSSR count). The normalized spacial score (nSPS) is 19.5. The van der Waals surface area contributed by atoms with E-state index < -0.39 is 0 Å². The monoisotopic (exact) mass is 322 g/mol. The minimum absolute atomic E-state index is 0.631. The Morgan fingerprint density at radius 2 is 2.37 bits per heavy atom. The average Bonchev–Trinajstić information content (AvgIpc) is 3.00. The molecule has 0 radical (unpaired) electrons. The van der Waals surface area contributed by atoms with E-state index in [0.717, 1.165) is 28.9 Å². The van der Waals surface area contributed by atoms with E-state index in [1.54, 1.807) is 0 Å². The summed E-state index contributed by atoms with van der Waals surface area (Å²) in [6.45, 7) is 3.15. The van der Waals surface area contributed by atoms with Gasteiger partial charge in [0.1, 0.15) is 5.52 Å². The summed E-state index contributed by atoms with van der Waals surface area (Å²) in [6, 6.07) is 2.76. The van der Waals surface area contributed by atoms with Crippen molar-refractivity contribution in [2.24, 2.45) is 0 Å². The minimum atomic E-state index is 0.631. The van der Waals surface area contributed by atoms with Gasteiger partial charge in [-0.15, -0.1) is 0 Å². The van der Waals surface area contributed by atoms with E-state index in [1.807, 2.05) is 23.8 Å². The van der Waals surface area contributed by atoms with Crippen molar-refractivity contribution in [3.05, 3.63) is 24.2 Å². The van der Waals surface area contributed by atoms with E-state index >= 15 is 0 Å². The highest BCUT2D eigenvalue weighted by molar-refractivity contribution is 9.09. The smallest absolute Gasteiger partial charge is 0.154 e. The third-order valence-electron chi connectivity index (χ3n) is 3.81. The van der Waals surface area contributed by atoms with Gasteiger partial charge < -0.3 is 4.90 Å². The van der Waals surface area contributed by atoms with Crippen molar-refractivity contribution in [2.45, 2.75) is 38.6 Å². The number of hydrogen-bond acceptors (Lipinski definition) is 3. The lowest BCUT2D eigenvalue weighted by molar-refractivity contribution is 0.600. The van der Waals surface area contributed by atoms with Crippen molar-refractivity contribution >= 4 is 27.3 Å². The number of anilines is 1. The van der Waals surface area contributed by atoms with E-state index in [2.05, 4.69) is 37.0 Å². The lowest BCUT2D eigenvalue weighted by Crippen LogP contribution is -2.30. The summed E-state index contributed by atoms with van der Waals surface area (Å²) in [6.07, 6.45) is 8.79. The van der Waals surface area contributed by atoms with Gasteiger partial charge in [0.25, 0.3) is 0 Å². The van der Waals surface area contributed by atoms with Gasteiger partial charge in [-0.05, 0) is 38.7 Å². The molecule has 0 aromatic carbocycles. The Morgan fingerprint density at radius 3 is 3.21 bits per heavy atom. The molecule has 0 amide bonds. The van der Waals surface area contributed by atoms with E-state index in [-0.39, 0.29) is 0 Å². The van der Waals surface area contributed by atoms with Crippen molar-refractivity contribution < 1.29 is 0 Å². The van der Waals surface area contributed by atoms with Gasteiger partial charge in [0.2, 0.25) is 0 Å². The number of alkyl halides is 1. The molecule has 0 spiro atoms. The van der Waals surface area contributed by atoms with Gasteiger partial charge in [-0.3, -0.25) is 0 Å². The maximum Gasteiger partial charge on any atom is 0.154 e. The van der Waals surface area contributed by atoms with E-state index in [0.29, 0.717) is 6.04 Å². The molecule has 1 fully saturated rings. The molecule has 0 saturated carbocycles. The van der Waals surface area contributed by atoms with Crippen molar-refractivity contribution in [3.63, 3.8) is 0 Å². The van der Waals surface area contributed by atoms with Crippen LogP contribution in [0.15, 0.2) is 18.5 Å². The largest absolute Gasteiger partial charge is 0.352 e. The molecular formula is C14H19BrN4. The lowest BCUT2D eigenvalue weighted by Gasteiger charge is -2.26. The fraction of sp³-hybridized carbons (Fsp3) is 0.571. The number of rotatable bonds is 4. The highest BCUT2D eigenvalue weighted by Crippen LogP contribution is 2.29. The number of nitrogens with zero attached hydrogens (tertiary/aromatic N) is 4. The van der Waals surface area contributed by atoms with Crippen molar-refractivity contribution in [2.75, 3.05) is 16.8 Å². The fourth-order valence-corrected chi connectivity index (χ4v) is 3.30. The summed E-state index contributed by atoms with van der Waals surface area (Å²) >= 11 is 3.53. The van der Waals surface area contributed by atoms with Crippen LogP contribution in [0.4, 0.5) is 5.82 Å². The molecule has 0 N–H and O–H groups in total. The maximum atomic E-state index is 4.61. The number of halogens is 1. The van der Waals surface area contributed by atoms with Crippen LogP contribution in [0.1, 0.15) is 31.4 Å². The second kappa shape index (κ2) is 5.49. The third-order valence-corrected chi connectivity index (χ3v) is 4.37. The highest BCUT2D eigenvalue weighted by atomic mass is 79.9. The number of aryl methyl sites for hydroxylation is 1. The Hall–Kier alpha value is -1.10. The Labute approximate surface area is 121 Å². The Balaban J connectivity index is 1.94. The lowest BCUT2D eigenvalue weighted by atomic mass is 10.1. The number of hydrogen-bond donors (Lipinski definition) is 0. The van der Waals surface area contributed by atoms with Crippen LogP contribution in [0, 0.1) is 6.92 Å². The van der Waals surface area contributed by atoms with Crippen LogP contribution in [0.2, 0.25) is 0 Å². The SMILES string of the molecule is Cc1cc2c(N3CCCC3CCCBr)nccn2n1. The van der Waals surface area contributed by atoms with Crippen molar-refractivity contribution in [1.29, 1.82) is 0 Å². The molecular weight excluding hydrogens is 304 g/mol. The molecule has 0 aliphatic carbocycles. The molecule has 19 heavy (non-hydrogen) atoms. The van der Waals surface area contributed by atoms with Crippen molar-refractivity contribution in [1.82, 2.24) is 14.6 Å². The Bertz CT molecular complexity index is 566. The van der Waals surface area contributed by atoms with Gasteiger partial charge in [-0.25, -0.2) is 9.50 Å². The predicted molar refractivity (Wildman–Crippen MR) is 81.1 cm³/mol. The van der Waals surface area contributed by atoms with Crippen molar-refractivity contribution in [3.8, 4) is 0 Å². The zero-order valence-corrected chi connectivity index (χ0v) is 12.8. The van der Waals surface area contributed by atoms with Gasteiger partial charge >= 0.3 is 0 Å². The second-order valence-electron chi connectivity index (χ2n) is 5.19. The minimum Gasteiger partial charge on any atom is -0.352 e. The van der Waals surface area contributed by atoms with Crippen LogP contribution in [0.5, 0.6) is 0 Å². The molecule has 5 heteroatoms. The van der Waals surface area contributed by atoms with Crippen LogP contribution in [0.25, 0.3) is 5.52 Å². The molecule has 0 bridgehead atoms. The topological polar surface area (TPSA) is 33.4 Å². The first-order chi connectivity index (χ1) is 9.29. The second-order valence-corrected chi connectivity index (χ2v) is 5.98. The molecule has 2 aromatic rings.